The molecule has 0 aromatic carbocycles. The lowest BCUT2D eigenvalue weighted by atomic mass is 10.1. The van der Waals surface area contributed by atoms with E-state index in [2.05, 4.69) is 28.6 Å². The molecule has 0 spiro atoms. The van der Waals surface area contributed by atoms with Crippen molar-refractivity contribution >= 4 is 22.4 Å². The highest BCUT2D eigenvalue weighted by molar-refractivity contribution is 7.13. The van der Waals surface area contributed by atoms with Crippen LogP contribution in [0, 0.1) is 0 Å². The normalized spacial score (nSPS) is 23.5. The second-order valence-corrected chi connectivity index (χ2v) is 7.34. The summed E-state index contributed by atoms with van der Waals surface area (Å²) in [7, 11) is 0. The van der Waals surface area contributed by atoms with Crippen molar-refractivity contribution < 1.29 is 9.53 Å². The molecular formula is C16H26N4O2S. The molecule has 0 N–H and O–H groups in total. The summed E-state index contributed by atoms with van der Waals surface area (Å²) < 4.78 is 5.79. The van der Waals surface area contributed by atoms with Crippen LogP contribution < -0.4 is 4.90 Å². The van der Waals surface area contributed by atoms with E-state index in [0.717, 1.165) is 51.0 Å². The number of morpholine rings is 1. The van der Waals surface area contributed by atoms with Gasteiger partial charge in [-0.05, 0) is 13.8 Å². The van der Waals surface area contributed by atoms with Gasteiger partial charge in [0.1, 0.15) is 0 Å². The van der Waals surface area contributed by atoms with E-state index in [-0.39, 0.29) is 12.0 Å². The maximum Gasteiger partial charge on any atom is 0.225 e. The van der Waals surface area contributed by atoms with Gasteiger partial charge >= 0.3 is 0 Å². The van der Waals surface area contributed by atoms with Crippen LogP contribution in [-0.2, 0) is 9.53 Å². The molecule has 128 valence electrons. The predicted molar refractivity (Wildman–Crippen MR) is 92.0 cm³/mol. The first-order chi connectivity index (χ1) is 11.1. The van der Waals surface area contributed by atoms with E-state index in [1.807, 2.05) is 16.5 Å². The van der Waals surface area contributed by atoms with Gasteiger partial charge in [-0.1, -0.05) is 0 Å². The minimum absolute atomic E-state index is 0.0376. The fourth-order valence-corrected chi connectivity index (χ4v) is 3.87. The number of piperazine rings is 1. The highest BCUT2D eigenvalue weighted by Gasteiger charge is 2.28. The van der Waals surface area contributed by atoms with Crippen molar-refractivity contribution in [3.63, 3.8) is 0 Å². The van der Waals surface area contributed by atoms with E-state index in [1.165, 1.54) is 0 Å². The SMILES string of the molecule is CC(C)N1CCO[C@H](CC(=O)N2CCN(c3nccs3)CC2)C1. The van der Waals surface area contributed by atoms with Crippen molar-refractivity contribution in [2.75, 3.05) is 50.8 Å². The zero-order valence-corrected chi connectivity index (χ0v) is 14.8. The largest absolute Gasteiger partial charge is 0.375 e. The lowest BCUT2D eigenvalue weighted by Crippen LogP contribution is -2.51. The number of amides is 1. The van der Waals surface area contributed by atoms with Gasteiger partial charge in [0.25, 0.3) is 0 Å². The Hall–Kier alpha value is -1.18. The molecule has 23 heavy (non-hydrogen) atoms. The maximum absolute atomic E-state index is 12.5. The Labute approximate surface area is 142 Å². The summed E-state index contributed by atoms with van der Waals surface area (Å²) in [5, 5.41) is 3.05. The monoisotopic (exact) mass is 338 g/mol. The summed E-state index contributed by atoms with van der Waals surface area (Å²) in [6.45, 7) is 10.2. The number of anilines is 1. The molecule has 0 aliphatic carbocycles. The first kappa shape index (κ1) is 16.7. The molecule has 0 saturated carbocycles. The molecule has 2 fully saturated rings. The Morgan fingerprint density at radius 2 is 2.13 bits per heavy atom. The molecule has 1 amide bonds. The van der Waals surface area contributed by atoms with Crippen LogP contribution in [-0.4, -0.2) is 78.7 Å². The zero-order chi connectivity index (χ0) is 16.2. The lowest BCUT2D eigenvalue weighted by Gasteiger charge is -2.38. The first-order valence-corrected chi connectivity index (χ1v) is 9.29. The number of ether oxygens (including phenoxy) is 1. The molecule has 3 rings (SSSR count). The van der Waals surface area contributed by atoms with Gasteiger partial charge in [-0.25, -0.2) is 4.98 Å². The number of nitrogens with zero attached hydrogens (tertiary/aromatic N) is 4. The number of carbonyl (C=O) groups excluding carboxylic acids is 1. The second-order valence-electron chi connectivity index (χ2n) is 6.47. The minimum atomic E-state index is 0.0376. The number of thiazole rings is 1. The van der Waals surface area contributed by atoms with Crippen molar-refractivity contribution in [2.24, 2.45) is 0 Å². The van der Waals surface area contributed by atoms with Crippen molar-refractivity contribution in [3.05, 3.63) is 11.6 Å². The van der Waals surface area contributed by atoms with Gasteiger partial charge in [-0.3, -0.25) is 9.69 Å². The van der Waals surface area contributed by atoms with Crippen molar-refractivity contribution in [1.82, 2.24) is 14.8 Å². The number of hydrogen-bond donors (Lipinski definition) is 0. The molecular weight excluding hydrogens is 312 g/mol. The molecule has 2 saturated heterocycles. The summed E-state index contributed by atoms with van der Waals surface area (Å²) in [6.07, 6.45) is 2.37. The van der Waals surface area contributed by atoms with Gasteiger partial charge in [0.15, 0.2) is 5.13 Å². The molecule has 1 aromatic rings. The van der Waals surface area contributed by atoms with Crippen LogP contribution in [0.5, 0.6) is 0 Å². The summed E-state index contributed by atoms with van der Waals surface area (Å²) in [5.74, 6) is 0.222. The number of aromatic nitrogens is 1. The van der Waals surface area contributed by atoms with Gasteiger partial charge < -0.3 is 14.5 Å². The van der Waals surface area contributed by atoms with Crippen LogP contribution in [0.4, 0.5) is 5.13 Å². The molecule has 6 nitrogen and oxygen atoms in total. The molecule has 1 atom stereocenters. The molecule has 0 unspecified atom stereocenters. The van der Waals surface area contributed by atoms with Crippen LogP contribution in [0.2, 0.25) is 0 Å². The quantitative estimate of drug-likeness (QED) is 0.828. The summed E-state index contributed by atoms with van der Waals surface area (Å²) >= 11 is 1.66. The number of hydrogen-bond acceptors (Lipinski definition) is 6. The van der Waals surface area contributed by atoms with Crippen LogP contribution in [0.25, 0.3) is 0 Å². The Bertz CT molecular complexity index is 500. The fraction of sp³-hybridized carbons (Fsp3) is 0.750. The minimum Gasteiger partial charge on any atom is -0.375 e. The molecule has 2 aliphatic heterocycles. The summed E-state index contributed by atoms with van der Waals surface area (Å²) in [4.78, 5) is 23.5. The number of carbonyl (C=O) groups is 1. The van der Waals surface area contributed by atoms with Crippen molar-refractivity contribution in [1.29, 1.82) is 0 Å². The molecule has 0 bridgehead atoms. The van der Waals surface area contributed by atoms with Crippen LogP contribution in [0.1, 0.15) is 20.3 Å². The summed E-state index contributed by atoms with van der Waals surface area (Å²) in [5.41, 5.74) is 0. The Morgan fingerprint density at radius 1 is 1.35 bits per heavy atom. The van der Waals surface area contributed by atoms with E-state index in [9.17, 15) is 4.79 Å². The summed E-state index contributed by atoms with van der Waals surface area (Å²) in [6, 6.07) is 0.512. The van der Waals surface area contributed by atoms with Crippen LogP contribution >= 0.6 is 11.3 Å². The van der Waals surface area contributed by atoms with Gasteiger partial charge in [-0.2, -0.15) is 0 Å². The zero-order valence-electron chi connectivity index (χ0n) is 14.0. The second kappa shape index (κ2) is 7.59. The van der Waals surface area contributed by atoms with Gasteiger partial charge in [0.05, 0.1) is 19.1 Å². The average Bonchev–Trinajstić information content (AvgIpc) is 3.09. The van der Waals surface area contributed by atoms with E-state index in [4.69, 9.17) is 4.74 Å². The maximum atomic E-state index is 12.5. The van der Waals surface area contributed by atoms with E-state index in [0.29, 0.717) is 12.5 Å². The molecule has 3 heterocycles. The predicted octanol–water partition coefficient (Wildman–Crippen LogP) is 1.29. The molecule has 0 radical (unpaired) electrons. The van der Waals surface area contributed by atoms with E-state index < -0.39 is 0 Å². The fourth-order valence-electron chi connectivity index (χ4n) is 3.18. The number of rotatable bonds is 4. The Kier molecular flexibility index (Phi) is 5.50. The van der Waals surface area contributed by atoms with Gasteiger partial charge in [0.2, 0.25) is 5.91 Å². The van der Waals surface area contributed by atoms with Gasteiger partial charge in [0, 0.05) is 56.9 Å². The highest BCUT2D eigenvalue weighted by Crippen LogP contribution is 2.20. The third-order valence-corrected chi connectivity index (χ3v) is 5.46. The van der Waals surface area contributed by atoms with E-state index in [1.54, 1.807) is 11.3 Å². The third-order valence-electron chi connectivity index (χ3n) is 4.62. The smallest absolute Gasteiger partial charge is 0.225 e. The van der Waals surface area contributed by atoms with Crippen molar-refractivity contribution in [2.45, 2.75) is 32.4 Å². The van der Waals surface area contributed by atoms with Crippen LogP contribution in [0.3, 0.4) is 0 Å². The molecule has 2 aliphatic rings. The molecule has 7 heteroatoms. The lowest BCUT2D eigenvalue weighted by molar-refractivity contribution is -0.136. The van der Waals surface area contributed by atoms with E-state index >= 15 is 0 Å². The Balaban J connectivity index is 1.46. The highest BCUT2D eigenvalue weighted by atomic mass is 32.1. The average molecular weight is 338 g/mol. The Morgan fingerprint density at radius 3 is 2.78 bits per heavy atom. The standard InChI is InChI=1S/C16H26N4O2S/c1-13(2)20-8-9-22-14(12-20)11-15(21)18-4-6-19(7-5-18)16-17-3-10-23-16/h3,10,13-14H,4-9,11-12H2,1-2H3/t14-/m1/s1. The topological polar surface area (TPSA) is 48.9 Å². The van der Waals surface area contributed by atoms with Crippen LogP contribution in [0.15, 0.2) is 11.6 Å². The third kappa shape index (κ3) is 4.22. The molecule has 1 aromatic heterocycles. The van der Waals surface area contributed by atoms with Gasteiger partial charge in [-0.15, -0.1) is 11.3 Å². The first-order valence-electron chi connectivity index (χ1n) is 8.41. The van der Waals surface area contributed by atoms with Crippen molar-refractivity contribution in [3.8, 4) is 0 Å².